The number of nitrogens with zero attached hydrogens (tertiary/aromatic N) is 1. The van der Waals surface area contributed by atoms with Crippen molar-refractivity contribution in [2.45, 2.75) is 19.3 Å². The molecule has 9 heavy (non-hydrogen) atoms. The van der Waals surface area contributed by atoms with E-state index in [4.69, 9.17) is 0 Å². The molecule has 0 aromatic heterocycles. The SMILES string of the molecule is Cl.[SiH3]CN1CCCCC1. The molecular weight excluding hydrogens is 150 g/mol. The maximum Gasteiger partial charge on any atom is 0.0205 e. The molecule has 0 amide bonds. The van der Waals surface area contributed by atoms with Crippen molar-refractivity contribution in [1.82, 2.24) is 4.90 Å². The summed E-state index contributed by atoms with van der Waals surface area (Å²) in [5, 5.41) is 0. The lowest BCUT2D eigenvalue weighted by Crippen LogP contribution is -2.30. The van der Waals surface area contributed by atoms with E-state index in [1.165, 1.54) is 48.8 Å². The quantitative estimate of drug-likeness (QED) is 0.503. The molecule has 1 saturated heterocycles. The van der Waals surface area contributed by atoms with Gasteiger partial charge in [-0.1, -0.05) is 6.42 Å². The smallest absolute Gasteiger partial charge is 0.0205 e. The van der Waals surface area contributed by atoms with Crippen LogP contribution in [0.15, 0.2) is 0 Å². The Morgan fingerprint density at radius 1 is 1.11 bits per heavy atom. The number of likely N-dealkylation sites (tertiary alicyclic amines) is 1. The summed E-state index contributed by atoms with van der Waals surface area (Å²) < 4.78 is 0. The summed E-state index contributed by atoms with van der Waals surface area (Å²) in [7, 11) is 1.36. The van der Waals surface area contributed by atoms with Crippen LogP contribution >= 0.6 is 12.4 Å². The lowest BCUT2D eigenvalue weighted by molar-refractivity contribution is 0.263. The van der Waals surface area contributed by atoms with Crippen LogP contribution in [0.3, 0.4) is 0 Å². The predicted octanol–water partition coefficient (Wildman–Crippen LogP) is 0.217. The van der Waals surface area contributed by atoms with E-state index >= 15 is 0 Å². The van der Waals surface area contributed by atoms with Crippen molar-refractivity contribution in [3.8, 4) is 0 Å². The highest BCUT2D eigenvalue weighted by Gasteiger charge is 2.05. The van der Waals surface area contributed by atoms with Crippen molar-refractivity contribution in [2.24, 2.45) is 0 Å². The van der Waals surface area contributed by atoms with Gasteiger partial charge in [0, 0.05) is 10.2 Å². The maximum absolute atomic E-state index is 2.58. The Kier molecular flexibility index (Phi) is 5.54. The van der Waals surface area contributed by atoms with Gasteiger partial charge in [0.15, 0.2) is 0 Å². The number of hydrogen-bond donors (Lipinski definition) is 0. The van der Waals surface area contributed by atoms with E-state index < -0.39 is 0 Å². The summed E-state index contributed by atoms with van der Waals surface area (Å²) in [5.74, 6) is 0. The molecule has 0 radical (unpaired) electrons. The zero-order valence-corrected chi connectivity index (χ0v) is 8.91. The second kappa shape index (κ2) is 5.27. The molecule has 1 rings (SSSR count). The largest absolute Gasteiger partial charge is 0.307 e. The van der Waals surface area contributed by atoms with Gasteiger partial charge in [-0.05, 0) is 32.1 Å². The molecule has 1 heterocycles. The molecule has 0 aromatic carbocycles. The summed E-state index contributed by atoms with van der Waals surface area (Å²) in [4.78, 5) is 2.58. The van der Waals surface area contributed by atoms with Crippen LogP contribution in [0.5, 0.6) is 0 Å². The number of rotatable bonds is 1. The van der Waals surface area contributed by atoms with E-state index in [1.807, 2.05) is 0 Å². The third-order valence-corrected chi connectivity index (χ3v) is 2.79. The second-order valence-electron chi connectivity index (χ2n) is 2.49. The van der Waals surface area contributed by atoms with E-state index in [0.29, 0.717) is 0 Å². The van der Waals surface area contributed by atoms with Crippen LogP contribution in [0.1, 0.15) is 19.3 Å². The highest BCUT2D eigenvalue weighted by atomic mass is 35.5. The monoisotopic (exact) mass is 165 g/mol. The Hall–Kier alpha value is 0.467. The predicted molar refractivity (Wildman–Crippen MR) is 47.5 cm³/mol. The molecule has 0 saturated carbocycles. The van der Waals surface area contributed by atoms with Crippen molar-refractivity contribution >= 4 is 22.6 Å². The summed E-state index contributed by atoms with van der Waals surface area (Å²) >= 11 is 0. The molecule has 1 fully saturated rings. The fourth-order valence-electron chi connectivity index (χ4n) is 1.28. The normalized spacial score (nSPS) is 21.3. The zero-order valence-electron chi connectivity index (χ0n) is 6.10. The molecular formula is C6H16ClNSi. The van der Waals surface area contributed by atoms with Gasteiger partial charge in [-0.15, -0.1) is 12.4 Å². The van der Waals surface area contributed by atoms with Gasteiger partial charge in [-0.2, -0.15) is 0 Å². The van der Waals surface area contributed by atoms with Gasteiger partial charge in [0.25, 0.3) is 0 Å². The van der Waals surface area contributed by atoms with E-state index in [1.54, 1.807) is 0 Å². The van der Waals surface area contributed by atoms with Crippen molar-refractivity contribution in [3.63, 3.8) is 0 Å². The van der Waals surface area contributed by atoms with E-state index in [2.05, 4.69) is 4.90 Å². The minimum Gasteiger partial charge on any atom is -0.307 e. The molecule has 0 unspecified atom stereocenters. The average Bonchev–Trinajstić information content (AvgIpc) is 1.90. The molecule has 1 aliphatic heterocycles. The molecule has 1 nitrogen and oxygen atoms in total. The van der Waals surface area contributed by atoms with Gasteiger partial charge in [0.1, 0.15) is 0 Å². The van der Waals surface area contributed by atoms with Gasteiger partial charge in [-0.25, -0.2) is 0 Å². The third kappa shape index (κ3) is 3.23. The third-order valence-electron chi connectivity index (χ3n) is 1.90. The molecule has 0 N–H and O–H groups in total. The topological polar surface area (TPSA) is 3.24 Å². The Balaban J connectivity index is 0.000000640. The second-order valence-corrected chi connectivity index (χ2v) is 3.13. The Morgan fingerprint density at radius 2 is 1.67 bits per heavy atom. The van der Waals surface area contributed by atoms with Gasteiger partial charge in [-0.3, -0.25) is 0 Å². The van der Waals surface area contributed by atoms with Gasteiger partial charge in [0.2, 0.25) is 0 Å². The Labute approximate surface area is 66.6 Å². The van der Waals surface area contributed by atoms with Crippen LogP contribution in [-0.4, -0.2) is 34.4 Å². The summed E-state index contributed by atoms with van der Waals surface area (Å²) in [6, 6.07) is 0. The zero-order chi connectivity index (χ0) is 5.82. The average molecular weight is 166 g/mol. The Morgan fingerprint density at radius 3 is 2.00 bits per heavy atom. The van der Waals surface area contributed by atoms with Crippen LogP contribution in [0.25, 0.3) is 0 Å². The lowest BCUT2D eigenvalue weighted by Gasteiger charge is -2.24. The van der Waals surface area contributed by atoms with E-state index in [-0.39, 0.29) is 12.4 Å². The number of halogens is 1. The summed E-state index contributed by atoms with van der Waals surface area (Å²) in [6.45, 7) is 2.76. The number of piperidine rings is 1. The maximum atomic E-state index is 2.58. The molecule has 0 aromatic rings. The van der Waals surface area contributed by atoms with Crippen molar-refractivity contribution in [3.05, 3.63) is 0 Å². The number of hydrogen-bond acceptors (Lipinski definition) is 1. The molecule has 0 atom stereocenters. The van der Waals surface area contributed by atoms with Crippen LogP contribution < -0.4 is 0 Å². The minimum absolute atomic E-state index is 0. The molecule has 0 spiro atoms. The summed E-state index contributed by atoms with van der Waals surface area (Å²) in [5.41, 5.74) is 0. The molecule has 1 aliphatic rings. The first-order valence-electron chi connectivity index (χ1n) is 3.66. The molecule has 56 valence electrons. The van der Waals surface area contributed by atoms with Gasteiger partial charge < -0.3 is 4.90 Å². The Bertz CT molecular complexity index is 64.1. The first kappa shape index (κ1) is 9.47. The fourth-order valence-corrected chi connectivity index (χ4v) is 1.91. The van der Waals surface area contributed by atoms with Crippen LogP contribution in [0.2, 0.25) is 0 Å². The van der Waals surface area contributed by atoms with Crippen LogP contribution in [-0.2, 0) is 0 Å². The summed E-state index contributed by atoms with van der Waals surface area (Å²) in [6.07, 6.45) is 5.75. The van der Waals surface area contributed by atoms with Gasteiger partial charge in [0.05, 0.1) is 0 Å². The minimum atomic E-state index is 0. The van der Waals surface area contributed by atoms with Crippen LogP contribution in [0.4, 0.5) is 0 Å². The van der Waals surface area contributed by atoms with E-state index in [9.17, 15) is 0 Å². The molecule has 3 heteroatoms. The lowest BCUT2D eigenvalue weighted by atomic mass is 10.1. The van der Waals surface area contributed by atoms with E-state index in [0.717, 1.165) is 0 Å². The van der Waals surface area contributed by atoms with Crippen molar-refractivity contribution < 1.29 is 0 Å². The van der Waals surface area contributed by atoms with Crippen molar-refractivity contribution in [2.75, 3.05) is 19.3 Å². The molecule has 0 aliphatic carbocycles. The van der Waals surface area contributed by atoms with Gasteiger partial charge >= 0.3 is 0 Å². The molecule has 0 bridgehead atoms. The highest BCUT2D eigenvalue weighted by Crippen LogP contribution is 2.06. The highest BCUT2D eigenvalue weighted by molar-refractivity contribution is 6.08. The van der Waals surface area contributed by atoms with Crippen molar-refractivity contribution in [1.29, 1.82) is 0 Å². The van der Waals surface area contributed by atoms with Crippen LogP contribution in [0, 0.1) is 0 Å². The fraction of sp³-hybridized carbons (Fsp3) is 1.00. The first-order valence-corrected chi connectivity index (χ1v) is 5.07. The standard InChI is InChI=1S/C6H15NSi.ClH/c8-6-7-4-2-1-3-5-7;/h1-6H2,8H3;1H. The first-order chi connectivity index (χ1) is 3.93.